The molecule has 0 bridgehead atoms. The van der Waals surface area contributed by atoms with Crippen LogP contribution in [0.1, 0.15) is 25.7 Å². The van der Waals surface area contributed by atoms with Gasteiger partial charge >= 0.3 is 0 Å². The average molecular weight is 337 g/mol. The van der Waals surface area contributed by atoms with Crippen LogP contribution in [-0.2, 0) is 4.79 Å². The smallest absolute Gasteiger partial charge is 0.277 e. The van der Waals surface area contributed by atoms with Crippen molar-refractivity contribution in [3.05, 3.63) is 28.7 Å². The molecule has 0 atom stereocenters. The molecular weight excluding hydrogens is 320 g/mol. The summed E-state index contributed by atoms with van der Waals surface area (Å²) in [4.78, 5) is 11.7. The molecule has 2 aliphatic carbocycles. The van der Waals surface area contributed by atoms with Gasteiger partial charge in [0, 0.05) is 10.2 Å². The molecular formula is C15H17BrN2O2. The number of hydrogen-bond acceptors (Lipinski definition) is 3. The molecule has 1 aromatic carbocycles. The maximum absolute atomic E-state index is 11.7. The lowest BCUT2D eigenvalue weighted by Gasteiger charge is -2.06. The molecule has 1 aromatic rings. The van der Waals surface area contributed by atoms with Gasteiger partial charge in [-0.1, -0.05) is 15.9 Å². The van der Waals surface area contributed by atoms with Crippen LogP contribution in [0.5, 0.6) is 5.75 Å². The molecule has 3 rings (SSSR count). The molecule has 0 aliphatic heterocycles. The van der Waals surface area contributed by atoms with Crippen LogP contribution in [0.3, 0.4) is 0 Å². The Balaban J connectivity index is 1.47. The van der Waals surface area contributed by atoms with Crippen molar-refractivity contribution < 1.29 is 9.53 Å². The van der Waals surface area contributed by atoms with E-state index in [1.54, 1.807) is 0 Å². The number of hydrazone groups is 1. The molecule has 4 nitrogen and oxygen atoms in total. The Bertz CT molecular complexity index is 505. The van der Waals surface area contributed by atoms with Gasteiger partial charge in [0.15, 0.2) is 6.61 Å². The third-order valence-electron chi connectivity index (χ3n) is 3.48. The van der Waals surface area contributed by atoms with E-state index >= 15 is 0 Å². The molecule has 1 amide bonds. The van der Waals surface area contributed by atoms with Gasteiger partial charge in [0.25, 0.3) is 5.91 Å². The zero-order chi connectivity index (χ0) is 13.9. The summed E-state index contributed by atoms with van der Waals surface area (Å²) in [5, 5.41) is 4.30. The highest BCUT2D eigenvalue weighted by molar-refractivity contribution is 9.10. The van der Waals surface area contributed by atoms with Crippen LogP contribution < -0.4 is 10.2 Å². The van der Waals surface area contributed by atoms with Gasteiger partial charge in [-0.05, 0) is 61.8 Å². The van der Waals surface area contributed by atoms with Gasteiger partial charge in [-0.25, -0.2) is 5.43 Å². The molecule has 0 heterocycles. The van der Waals surface area contributed by atoms with E-state index in [2.05, 4.69) is 26.5 Å². The minimum absolute atomic E-state index is 0.00620. The van der Waals surface area contributed by atoms with Gasteiger partial charge in [0.2, 0.25) is 0 Å². The summed E-state index contributed by atoms with van der Waals surface area (Å²) in [6, 6.07) is 7.40. The first-order valence-corrected chi connectivity index (χ1v) is 7.76. The standard InChI is InChI=1S/C15H17BrN2O2/c16-12-5-7-13(8-6-12)20-9-14(19)17-18-15(10-1-2-10)11-3-4-11/h5-8,10-11H,1-4,9H2,(H,17,19). The third-order valence-corrected chi connectivity index (χ3v) is 4.01. The molecule has 0 radical (unpaired) electrons. The van der Waals surface area contributed by atoms with E-state index in [0.29, 0.717) is 17.6 Å². The summed E-state index contributed by atoms with van der Waals surface area (Å²) >= 11 is 3.35. The van der Waals surface area contributed by atoms with Crippen molar-refractivity contribution in [3.63, 3.8) is 0 Å². The molecule has 20 heavy (non-hydrogen) atoms. The van der Waals surface area contributed by atoms with Crippen molar-refractivity contribution in [2.75, 3.05) is 6.61 Å². The van der Waals surface area contributed by atoms with Crippen molar-refractivity contribution in [2.24, 2.45) is 16.9 Å². The number of halogens is 1. The summed E-state index contributed by atoms with van der Waals surface area (Å²) in [5.41, 5.74) is 3.82. The fourth-order valence-corrected chi connectivity index (χ4v) is 2.38. The first-order valence-electron chi connectivity index (χ1n) is 6.97. The Morgan fingerprint density at radius 3 is 2.35 bits per heavy atom. The number of nitrogens with zero attached hydrogens (tertiary/aromatic N) is 1. The lowest BCUT2D eigenvalue weighted by molar-refractivity contribution is -0.123. The number of benzene rings is 1. The van der Waals surface area contributed by atoms with Gasteiger partial charge in [0.1, 0.15) is 5.75 Å². The first kappa shape index (κ1) is 13.6. The van der Waals surface area contributed by atoms with Crippen LogP contribution in [0.15, 0.2) is 33.8 Å². The maximum Gasteiger partial charge on any atom is 0.277 e. The molecule has 0 unspecified atom stereocenters. The number of carbonyl (C=O) groups is 1. The predicted octanol–water partition coefficient (Wildman–Crippen LogP) is 3.12. The van der Waals surface area contributed by atoms with Crippen molar-refractivity contribution >= 4 is 27.5 Å². The molecule has 0 spiro atoms. The highest BCUT2D eigenvalue weighted by Gasteiger charge is 2.38. The van der Waals surface area contributed by atoms with Crippen LogP contribution in [0.4, 0.5) is 0 Å². The number of nitrogens with one attached hydrogen (secondary N) is 1. The second kappa shape index (κ2) is 5.95. The number of carbonyl (C=O) groups excluding carboxylic acids is 1. The molecule has 5 heteroatoms. The van der Waals surface area contributed by atoms with E-state index in [1.165, 1.54) is 31.4 Å². The fourth-order valence-electron chi connectivity index (χ4n) is 2.11. The van der Waals surface area contributed by atoms with E-state index in [4.69, 9.17) is 4.74 Å². The number of rotatable bonds is 6. The number of amides is 1. The molecule has 0 aromatic heterocycles. The predicted molar refractivity (Wildman–Crippen MR) is 80.7 cm³/mol. The lowest BCUT2D eigenvalue weighted by Crippen LogP contribution is -2.26. The van der Waals surface area contributed by atoms with E-state index in [1.807, 2.05) is 24.3 Å². The Hall–Kier alpha value is -1.36. The summed E-state index contributed by atoms with van der Waals surface area (Å²) in [6.45, 7) is -0.00620. The Kier molecular flexibility index (Phi) is 4.05. The second-order valence-corrected chi connectivity index (χ2v) is 6.28. The second-order valence-electron chi connectivity index (χ2n) is 5.36. The SMILES string of the molecule is O=C(COc1ccc(Br)cc1)NN=C(C1CC1)C1CC1. The van der Waals surface area contributed by atoms with Crippen molar-refractivity contribution in [1.82, 2.24) is 5.43 Å². The summed E-state index contributed by atoms with van der Waals surface area (Å²) < 4.78 is 6.39. The van der Waals surface area contributed by atoms with Crippen LogP contribution in [0.2, 0.25) is 0 Å². The third kappa shape index (κ3) is 3.82. The quantitative estimate of drug-likeness (QED) is 0.641. The largest absolute Gasteiger partial charge is 0.484 e. The highest BCUT2D eigenvalue weighted by Crippen LogP contribution is 2.41. The van der Waals surface area contributed by atoms with Crippen LogP contribution in [0.25, 0.3) is 0 Å². The van der Waals surface area contributed by atoms with E-state index < -0.39 is 0 Å². The summed E-state index contributed by atoms with van der Waals surface area (Å²) in [5.74, 6) is 1.72. The van der Waals surface area contributed by atoms with Gasteiger partial charge in [-0.2, -0.15) is 5.10 Å². The molecule has 0 saturated heterocycles. The van der Waals surface area contributed by atoms with Gasteiger partial charge in [0.05, 0.1) is 0 Å². The normalized spacial score (nSPS) is 17.4. The molecule has 2 fully saturated rings. The van der Waals surface area contributed by atoms with Crippen molar-refractivity contribution in [3.8, 4) is 5.75 Å². The summed E-state index contributed by atoms with van der Waals surface area (Å²) in [7, 11) is 0. The molecule has 2 aliphatic rings. The molecule has 2 saturated carbocycles. The Labute approximate surface area is 126 Å². The van der Waals surface area contributed by atoms with E-state index in [9.17, 15) is 4.79 Å². The van der Waals surface area contributed by atoms with Crippen LogP contribution in [-0.4, -0.2) is 18.2 Å². The van der Waals surface area contributed by atoms with Crippen molar-refractivity contribution in [1.29, 1.82) is 0 Å². The average Bonchev–Trinajstić information content (AvgIpc) is 3.31. The van der Waals surface area contributed by atoms with Gasteiger partial charge in [-0.3, -0.25) is 4.79 Å². The zero-order valence-electron chi connectivity index (χ0n) is 11.1. The van der Waals surface area contributed by atoms with Gasteiger partial charge < -0.3 is 4.74 Å². The number of ether oxygens (including phenoxy) is 1. The first-order chi connectivity index (χ1) is 9.72. The lowest BCUT2D eigenvalue weighted by atomic mass is 10.2. The highest BCUT2D eigenvalue weighted by atomic mass is 79.9. The van der Waals surface area contributed by atoms with Crippen LogP contribution in [0, 0.1) is 11.8 Å². The zero-order valence-corrected chi connectivity index (χ0v) is 12.7. The van der Waals surface area contributed by atoms with Crippen molar-refractivity contribution in [2.45, 2.75) is 25.7 Å². The maximum atomic E-state index is 11.7. The fraction of sp³-hybridized carbons (Fsp3) is 0.467. The molecule has 1 N–H and O–H groups in total. The minimum Gasteiger partial charge on any atom is -0.484 e. The Morgan fingerprint density at radius 2 is 1.80 bits per heavy atom. The van der Waals surface area contributed by atoms with Crippen LogP contribution >= 0.6 is 15.9 Å². The van der Waals surface area contributed by atoms with E-state index in [0.717, 1.165) is 4.47 Å². The van der Waals surface area contributed by atoms with Gasteiger partial charge in [-0.15, -0.1) is 0 Å². The summed E-state index contributed by atoms with van der Waals surface area (Å²) in [6.07, 6.45) is 4.89. The monoisotopic (exact) mass is 336 g/mol. The molecule has 106 valence electrons. The minimum atomic E-state index is -0.202. The van der Waals surface area contributed by atoms with E-state index in [-0.39, 0.29) is 12.5 Å². The number of hydrogen-bond donors (Lipinski definition) is 1. The Morgan fingerprint density at radius 1 is 1.20 bits per heavy atom. The topological polar surface area (TPSA) is 50.7 Å².